The molecule has 3 nitrogen and oxygen atoms in total. The van der Waals surface area contributed by atoms with E-state index in [1.54, 1.807) is 11.3 Å². The molecule has 0 bridgehead atoms. The van der Waals surface area contributed by atoms with Crippen molar-refractivity contribution in [3.8, 4) is 0 Å². The summed E-state index contributed by atoms with van der Waals surface area (Å²) in [5.74, 6) is 0.272. The summed E-state index contributed by atoms with van der Waals surface area (Å²) in [7, 11) is 1.90. The molecule has 0 atom stereocenters. The number of hydrogen-bond acceptors (Lipinski definition) is 3. The Morgan fingerprint density at radius 2 is 2.05 bits per heavy atom. The number of rotatable bonds is 3. The van der Waals surface area contributed by atoms with Gasteiger partial charge in [-0.1, -0.05) is 31.9 Å². The van der Waals surface area contributed by atoms with Crippen molar-refractivity contribution in [2.45, 2.75) is 39.2 Å². The van der Waals surface area contributed by atoms with Gasteiger partial charge in [0.15, 0.2) is 0 Å². The van der Waals surface area contributed by atoms with E-state index in [1.165, 1.54) is 17.5 Å². The fourth-order valence-electron chi connectivity index (χ4n) is 3.09. The lowest BCUT2D eigenvalue weighted by Crippen LogP contribution is -2.38. The molecule has 3 rings (SSSR count). The number of aromatic nitrogens is 1. The van der Waals surface area contributed by atoms with Crippen LogP contribution in [0.4, 0.5) is 0 Å². The molecule has 0 saturated heterocycles. The van der Waals surface area contributed by atoms with Gasteiger partial charge in [-0.05, 0) is 25.0 Å². The lowest BCUT2D eigenvalue weighted by atomic mass is 9.87. The number of hydrogen-bond donors (Lipinski definition) is 0. The molecule has 0 aliphatic heterocycles. The Morgan fingerprint density at radius 1 is 1.35 bits per heavy atom. The number of nitrogens with zero attached hydrogens (tertiary/aromatic N) is 2. The van der Waals surface area contributed by atoms with Crippen molar-refractivity contribution in [1.29, 1.82) is 0 Å². The topological polar surface area (TPSA) is 33.2 Å². The van der Waals surface area contributed by atoms with Crippen LogP contribution < -0.4 is 0 Å². The number of amides is 1. The maximum atomic E-state index is 12.6. The second-order valence-electron chi connectivity index (χ2n) is 6.00. The number of carbonyl (C=O) groups excluding carboxylic acids is 1. The maximum Gasteiger partial charge on any atom is 0.228 e. The molecule has 1 aromatic heterocycles. The molecule has 0 spiro atoms. The van der Waals surface area contributed by atoms with Crippen molar-refractivity contribution in [3.05, 3.63) is 29.3 Å². The quantitative estimate of drug-likeness (QED) is 0.860. The second-order valence-corrected chi connectivity index (χ2v) is 7.12. The average molecular weight is 288 g/mol. The Kier molecular flexibility index (Phi) is 3.50. The van der Waals surface area contributed by atoms with Gasteiger partial charge >= 0.3 is 0 Å². The summed E-state index contributed by atoms with van der Waals surface area (Å²) < 4.78 is 1.19. The zero-order valence-corrected chi connectivity index (χ0v) is 12.9. The van der Waals surface area contributed by atoms with Gasteiger partial charge < -0.3 is 4.90 Å². The van der Waals surface area contributed by atoms with Crippen molar-refractivity contribution in [3.63, 3.8) is 0 Å². The first kappa shape index (κ1) is 13.6. The van der Waals surface area contributed by atoms with Crippen LogP contribution in [0.5, 0.6) is 0 Å². The molecule has 0 radical (unpaired) electrons. The summed E-state index contributed by atoms with van der Waals surface area (Å²) in [6.07, 6.45) is 4.40. The monoisotopic (exact) mass is 288 g/mol. The van der Waals surface area contributed by atoms with Crippen LogP contribution in [0.1, 0.15) is 37.6 Å². The van der Waals surface area contributed by atoms with Gasteiger partial charge in [-0.15, -0.1) is 11.3 Å². The summed E-state index contributed by atoms with van der Waals surface area (Å²) in [6.45, 7) is 2.73. The van der Waals surface area contributed by atoms with Crippen molar-refractivity contribution in [2.75, 3.05) is 7.05 Å². The van der Waals surface area contributed by atoms with Crippen molar-refractivity contribution < 1.29 is 4.79 Å². The van der Waals surface area contributed by atoms with Crippen molar-refractivity contribution >= 4 is 27.5 Å². The van der Waals surface area contributed by atoms with Gasteiger partial charge in [0, 0.05) is 12.5 Å². The van der Waals surface area contributed by atoms with E-state index in [1.807, 2.05) is 30.1 Å². The van der Waals surface area contributed by atoms with E-state index in [9.17, 15) is 4.79 Å². The molecule has 20 heavy (non-hydrogen) atoms. The molecular weight excluding hydrogens is 268 g/mol. The minimum Gasteiger partial charge on any atom is -0.339 e. The summed E-state index contributed by atoms with van der Waals surface area (Å²) in [4.78, 5) is 19.0. The van der Waals surface area contributed by atoms with E-state index >= 15 is 0 Å². The highest BCUT2D eigenvalue weighted by atomic mass is 32.1. The molecule has 1 aromatic carbocycles. The molecule has 1 heterocycles. The first-order valence-electron chi connectivity index (χ1n) is 7.18. The number of benzene rings is 1. The maximum absolute atomic E-state index is 12.6. The molecular formula is C16H20N2OS. The van der Waals surface area contributed by atoms with Crippen LogP contribution in [0.2, 0.25) is 0 Å². The average Bonchev–Trinajstić information content (AvgIpc) is 3.04. The molecule has 1 fully saturated rings. The number of thiazole rings is 1. The lowest BCUT2D eigenvalue weighted by Gasteiger charge is -2.28. The van der Waals surface area contributed by atoms with Crippen LogP contribution in [-0.2, 0) is 11.3 Å². The van der Waals surface area contributed by atoms with E-state index in [2.05, 4.69) is 18.0 Å². The minimum absolute atomic E-state index is 0.147. The third-order valence-electron chi connectivity index (χ3n) is 4.28. The molecule has 1 amide bonds. The minimum atomic E-state index is -0.147. The largest absolute Gasteiger partial charge is 0.339 e. The fourth-order valence-corrected chi connectivity index (χ4v) is 4.11. The highest BCUT2D eigenvalue weighted by Gasteiger charge is 2.38. The Bertz CT molecular complexity index is 595. The molecule has 0 N–H and O–H groups in total. The van der Waals surface area contributed by atoms with Gasteiger partial charge in [-0.3, -0.25) is 4.79 Å². The van der Waals surface area contributed by atoms with Gasteiger partial charge in [0.25, 0.3) is 0 Å². The second kappa shape index (κ2) is 5.17. The molecule has 1 saturated carbocycles. The van der Waals surface area contributed by atoms with Gasteiger partial charge in [-0.25, -0.2) is 4.98 Å². The van der Waals surface area contributed by atoms with Crippen LogP contribution in [-0.4, -0.2) is 22.8 Å². The van der Waals surface area contributed by atoms with Gasteiger partial charge in [-0.2, -0.15) is 0 Å². The molecule has 0 unspecified atom stereocenters. The van der Waals surface area contributed by atoms with Crippen LogP contribution in [0, 0.1) is 5.41 Å². The van der Waals surface area contributed by atoms with Crippen LogP contribution >= 0.6 is 11.3 Å². The highest BCUT2D eigenvalue weighted by Crippen LogP contribution is 2.39. The van der Waals surface area contributed by atoms with Crippen molar-refractivity contribution in [2.24, 2.45) is 5.41 Å². The van der Waals surface area contributed by atoms with Gasteiger partial charge in [0.1, 0.15) is 5.01 Å². The Balaban J connectivity index is 1.75. The number of fused-ring (bicyclic) bond motifs is 1. The molecule has 4 heteroatoms. The lowest BCUT2D eigenvalue weighted by molar-refractivity contribution is -0.140. The van der Waals surface area contributed by atoms with E-state index in [4.69, 9.17) is 0 Å². The zero-order valence-electron chi connectivity index (χ0n) is 12.1. The summed E-state index contributed by atoms with van der Waals surface area (Å²) in [6, 6.07) is 8.13. The summed E-state index contributed by atoms with van der Waals surface area (Å²) >= 11 is 1.68. The van der Waals surface area contributed by atoms with E-state index in [-0.39, 0.29) is 11.3 Å². The molecule has 1 aliphatic carbocycles. The molecule has 106 valence electrons. The fraction of sp³-hybridized carbons (Fsp3) is 0.500. The third-order valence-corrected chi connectivity index (χ3v) is 5.30. The van der Waals surface area contributed by atoms with E-state index in [0.29, 0.717) is 6.54 Å². The van der Waals surface area contributed by atoms with E-state index in [0.717, 1.165) is 23.4 Å². The van der Waals surface area contributed by atoms with Crippen LogP contribution in [0.25, 0.3) is 10.2 Å². The number of carbonyl (C=O) groups is 1. The third kappa shape index (κ3) is 2.44. The SMILES string of the molecule is CN(Cc1nc2ccccc2s1)C(=O)C1(C)CCCC1. The first-order valence-corrected chi connectivity index (χ1v) is 8.00. The highest BCUT2D eigenvalue weighted by molar-refractivity contribution is 7.18. The summed E-state index contributed by atoms with van der Waals surface area (Å²) in [5.41, 5.74) is 0.881. The standard InChI is InChI=1S/C16H20N2OS/c1-16(9-5-6-10-16)15(19)18(2)11-14-17-12-7-3-4-8-13(12)20-14/h3-4,7-8H,5-6,9-11H2,1-2H3. The molecule has 1 aliphatic rings. The predicted octanol–water partition coefficient (Wildman–Crippen LogP) is 3.84. The Labute approximate surface area is 123 Å². The Morgan fingerprint density at radius 3 is 2.75 bits per heavy atom. The van der Waals surface area contributed by atoms with Crippen molar-refractivity contribution in [1.82, 2.24) is 9.88 Å². The number of para-hydroxylation sites is 1. The normalized spacial score (nSPS) is 17.5. The van der Waals surface area contributed by atoms with Crippen LogP contribution in [0.3, 0.4) is 0 Å². The zero-order chi connectivity index (χ0) is 14.2. The predicted molar refractivity (Wildman–Crippen MR) is 82.7 cm³/mol. The Hall–Kier alpha value is -1.42. The first-order chi connectivity index (χ1) is 9.58. The smallest absolute Gasteiger partial charge is 0.228 e. The van der Waals surface area contributed by atoms with Crippen LogP contribution in [0.15, 0.2) is 24.3 Å². The van der Waals surface area contributed by atoms with Gasteiger partial charge in [0.05, 0.1) is 16.8 Å². The van der Waals surface area contributed by atoms with E-state index < -0.39 is 0 Å². The van der Waals surface area contributed by atoms with Gasteiger partial charge in [0.2, 0.25) is 5.91 Å². The summed E-state index contributed by atoms with van der Waals surface area (Å²) in [5, 5.41) is 1.02. The molecule has 2 aromatic rings.